The second-order valence-corrected chi connectivity index (χ2v) is 6.66. The number of ketones is 1. The summed E-state index contributed by atoms with van der Waals surface area (Å²) in [5.74, 6) is -0.0756. The van der Waals surface area contributed by atoms with Gasteiger partial charge in [-0.05, 0) is 24.3 Å². The number of carbonyl (C=O) groups is 2. The molecule has 3 saturated heterocycles. The number of halogens is 1. The molecule has 3 aliphatic heterocycles. The molecule has 0 aliphatic carbocycles. The van der Waals surface area contributed by atoms with Crippen LogP contribution in [0.3, 0.4) is 0 Å². The van der Waals surface area contributed by atoms with Crippen LogP contribution in [0.1, 0.15) is 23.2 Å². The molecule has 3 heterocycles. The van der Waals surface area contributed by atoms with E-state index < -0.39 is 0 Å². The highest BCUT2D eigenvalue weighted by atomic mass is 35.5. The second kappa shape index (κ2) is 7.43. The molecule has 1 unspecified atom stereocenters. The smallest absolute Gasteiger partial charge is 0.220 e. The van der Waals surface area contributed by atoms with E-state index in [1.165, 1.54) is 0 Å². The van der Waals surface area contributed by atoms with Gasteiger partial charge in [0.1, 0.15) is 0 Å². The van der Waals surface area contributed by atoms with Crippen molar-refractivity contribution < 1.29 is 9.59 Å². The SMILES string of the molecule is O=C(CCC(=O)c1ccc(Cl)cc1)NCC1CN2CCN1CC2. The summed E-state index contributed by atoms with van der Waals surface area (Å²) in [7, 11) is 0. The molecule has 1 N–H and O–H groups in total. The maximum absolute atomic E-state index is 12.0. The molecule has 23 heavy (non-hydrogen) atoms. The predicted molar refractivity (Wildman–Crippen MR) is 89.8 cm³/mol. The molecule has 0 spiro atoms. The molecule has 3 fully saturated rings. The van der Waals surface area contributed by atoms with E-state index in [2.05, 4.69) is 15.1 Å². The Kier molecular flexibility index (Phi) is 5.30. The molecule has 3 aliphatic rings. The van der Waals surface area contributed by atoms with Crippen LogP contribution >= 0.6 is 11.6 Å². The summed E-state index contributed by atoms with van der Waals surface area (Å²) in [6.45, 7) is 6.17. The van der Waals surface area contributed by atoms with E-state index in [0.717, 1.165) is 32.7 Å². The average molecular weight is 336 g/mol. The number of piperazine rings is 3. The van der Waals surface area contributed by atoms with Gasteiger partial charge >= 0.3 is 0 Å². The third kappa shape index (κ3) is 4.31. The molecule has 4 rings (SSSR count). The van der Waals surface area contributed by atoms with Crippen molar-refractivity contribution in [2.45, 2.75) is 18.9 Å². The van der Waals surface area contributed by atoms with Crippen LogP contribution in [0.4, 0.5) is 0 Å². The van der Waals surface area contributed by atoms with Crippen LogP contribution in [-0.2, 0) is 4.79 Å². The van der Waals surface area contributed by atoms with Gasteiger partial charge in [0.05, 0.1) is 0 Å². The number of nitrogens with zero attached hydrogens (tertiary/aromatic N) is 2. The van der Waals surface area contributed by atoms with Crippen LogP contribution in [0, 0.1) is 0 Å². The number of rotatable bonds is 6. The van der Waals surface area contributed by atoms with Gasteiger partial charge in [0.15, 0.2) is 5.78 Å². The molecule has 1 amide bonds. The fraction of sp³-hybridized carbons (Fsp3) is 0.529. The first-order valence-electron chi connectivity index (χ1n) is 8.14. The summed E-state index contributed by atoms with van der Waals surface area (Å²) in [6.07, 6.45) is 0.464. The summed E-state index contributed by atoms with van der Waals surface area (Å²) in [4.78, 5) is 28.9. The Hall–Kier alpha value is -1.43. The molecular formula is C17H22ClN3O2. The molecule has 1 aromatic carbocycles. The number of amides is 1. The number of Topliss-reactive ketones (excluding diaryl/α,β-unsaturated/α-hetero) is 1. The van der Waals surface area contributed by atoms with Gasteiger partial charge in [0, 0.05) is 68.7 Å². The Balaban J connectivity index is 1.39. The third-order valence-electron chi connectivity index (χ3n) is 4.67. The summed E-state index contributed by atoms with van der Waals surface area (Å²) in [5.41, 5.74) is 0.603. The maximum Gasteiger partial charge on any atom is 0.220 e. The van der Waals surface area contributed by atoms with E-state index in [1.807, 2.05) is 0 Å². The molecule has 6 heteroatoms. The lowest BCUT2D eigenvalue weighted by molar-refractivity contribution is -0.121. The molecule has 0 aromatic heterocycles. The highest BCUT2D eigenvalue weighted by molar-refractivity contribution is 6.30. The first-order valence-corrected chi connectivity index (χ1v) is 8.51. The second-order valence-electron chi connectivity index (χ2n) is 6.22. The Bertz CT molecular complexity index is 568. The summed E-state index contributed by atoms with van der Waals surface area (Å²) in [6, 6.07) is 7.19. The Morgan fingerprint density at radius 3 is 2.39 bits per heavy atom. The van der Waals surface area contributed by atoms with Gasteiger partial charge in [-0.3, -0.25) is 19.4 Å². The number of nitrogens with one attached hydrogen (secondary N) is 1. The number of fused-ring (bicyclic) bond motifs is 3. The van der Waals surface area contributed by atoms with Crippen molar-refractivity contribution in [1.82, 2.24) is 15.1 Å². The quantitative estimate of drug-likeness (QED) is 0.799. The van der Waals surface area contributed by atoms with Crippen LogP contribution in [0.5, 0.6) is 0 Å². The maximum atomic E-state index is 12.0. The van der Waals surface area contributed by atoms with Gasteiger partial charge < -0.3 is 5.32 Å². The van der Waals surface area contributed by atoms with E-state index in [9.17, 15) is 9.59 Å². The zero-order chi connectivity index (χ0) is 16.2. The van der Waals surface area contributed by atoms with E-state index in [-0.39, 0.29) is 24.5 Å². The van der Waals surface area contributed by atoms with Crippen LogP contribution < -0.4 is 5.32 Å². The predicted octanol–water partition coefficient (Wildman–Crippen LogP) is 1.42. The van der Waals surface area contributed by atoms with Gasteiger partial charge in [0.2, 0.25) is 5.91 Å². The molecule has 1 aromatic rings. The van der Waals surface area contributed by atoms with Crippen molar-refractivity contribution in [3.8, 4) is 0 Å². The minimum atomic E-state index is -0.0510. The van der Waals surface area contributed by atoms with Gasteiger partial charge in [-0.1, -0.05) is 11.6 Å². The minimum Gasteiger partial charge on any atom is -0.354 e. The van der Waals surface area contributed by atoms with Gasteiger partial charge in [0.25, 0.3) is 0 Å². The normalized spacial score (nSPS) is 26.0. The minimum absolute atomic E-state index is 0.0246. The summed E-state index contributed by atoms with van der Waals surface area (Å²) >= 11 is 5.80. The molecule has 0 saturated carbocycles. The number of benzene rings is 1. The third-order valence-corrected chi connectivity index (χ3v) is 4.92. The standard InChI is InChI=1S/C17H22ClN3O2/c18-14-3-1-13(2-4-14)16(22)5-6-17(23)19-11-15-12-20-7-9-21(15)10-8-20/h1-4,15H,5-12H2,(H,19,23). The highest BCUT2D eigenvalue weighted by Gasteiger charge is 2.31. The van der Waals surface area contributed by atoms with E-state index in [1.54, 1.807) is 24.3 Å². The first kappa shape index (κ1) is 16.4. The Morgan fingerprint density at radius 1 is 1.09 bits per heavy atom. The molecule has 2 bridgehead atoms. The van der Waals surface area contributed by atoms with E-state index >= 15 is 0 Å². The lowest BCUT2D eigenvalue weighted by atomic mass is 10.1. The largest absolute Gasteiger partial charge is 0.354 e. The molecule has 0 radical (unpaired) electrons. The zero-order valence-electron chi connectivity index (χ0n) is 13.1. The molecule has 1 atom stereocenters. The topological polar surface area (TPSA) is 52.7 Å². The fourth-order valence-corrected chi connectivity index (χ4v) is 3.37. The van der Waals surface area contributed by atoms with Crippen molar-refractivity contribution in [3.05, 3.63) is 34.9 Å². The van der Waals surface area contributed by atoms with Crippen molar-refractivity contribution in [1.29, 1.82) is 0 Å². The van der Waals surface area contributed by atoms with Crippen LogP contribution in [-0.4, -0.2) is 66.8 Å². The molecule has 124 valence electrons. The summed E-state index contributed by atoms with van der Waals surface area (Å²) < 4.78 is 0. The van der Waals surface area contributed by atoms with Crippen LogP contribution in [0.15, 0.2) is 24.3 Å². The van der Waals surface area contributed by atoms with E-state index in [4.69, 9.17) is 11.6 Å². The molecule has 5 nitrogen and oxygen atoms in total. The van der Waals surface area contributed by atoms with Crippen molar-refractivity contribution in [2.24, 2.45) is 0 Å². The summed E-state index contributed by atoms with van der Waals surface area (Å²) in [5, 5.41) is 3.58. The van der Waals surface area contributed by atoms with Crippen molar-refractivity contribution >= 4 is 23.3 Å². The van der Waals surface area contributed by atoms with Gasteiger partial charge in [-0.2, -0.15) is 0 Å². The first-order chi connectivity index (χ1) is 11.1. The van der Waals surface area contributed by atoms with Crippen LogP contribution in [0.25, 0.3) is 0 Å². The monoisotopic (exact) mass is 335 g/mol. The van der Waals surface area contributed by atoms with Crippen LogP contribution in [0.2, 0.25) is 5.02 Å². The number of hydrogen-bond donors (Lipinski definition) is 1. The van der Waals surface area contributed by atoms with Crippen molar-refractivity contribution in [3.63, 3.8) is 0 Å². The zero-order valence-corrected chi connectivity index (χ0v) is 13.9. The fourth-order valence-electron chi connectivity index (χ4n) is 3.25. The Morgan fingerprint density at radius 2 is 1.78 bits per heavy atom. The number of carbonyl (C=O) groups excluding carboxylic acids is 2. The molecular weight excluding hydrogens is 314 g/mol. The number of hydrogen-bond acceptors (Lipinski definition) is 4. The average Bonchev–Trinajstić information content (AvgIpc) is 2.59. The highest BCUT2D eigenvalue weighted by Crippen LogP contribution is 2.15. The van der Waals surface area contributed by atoms with E-state index in [0.29, 0.717) is 23.2 Å². The van der Waals surface area contributed by atoms with Gasteiger partial charge in [-0.25, -0.2) is 0 Å². The Labute approximate surface area is 141 Å². The van der Waals surface area contributed by atoms with Crippen molar-refractivity contribution in [2.75, 3.05) is 39.3 Å². The van der Waals surface area contributed by atoms with Gasteiger partial charge in [-0.15, -0.1) is 0 Å². The lowest BCUT2D eigenvalue weighted by Gasteiger charge is -2.47. The lowest BCUT2D eigenvalue weighted by Crippen LogP contribution is -2.63.